The highest BCUT2D eigenvalue weighted by Gasteiger charge is 2.21. The molecule has 140 valence electrons. The summed E-state index contributed by atoms with van der Waals surface area (Å²) in [7, 11) is 1.60. The molecule has 0 aliphatic heterocycles. The van der Waals surface area contributed by atoms with Gasteiger partial charge in [-0.05, 0) is 36.1 Å². The molecule has 0 saturated heterocycles. The first-order valence-corrected chi connectivity index (χ1v) is 9.94. The van der Waals surface area contributed by atoms with Gasteiger partial charge in [-0.1, -0.05) is 18.2 Å². The van der Waals surface area contributed by atoms with Gasteiger partial charge in [0.1, 0.15) is 10.8 Å². The van der Waals surface area contributed by atoms with Crippen molar-refractivity contribution < 1.29 is 19.1 Å². The molecule has 3 rings (SSSR count). The van der Waals surface area contributed by atoms with Crippen LogP contribution in [0.2, 0.25) is 0 Å². The number of thiazole rings is 1. The van der Waals surface area contributed by atoms with Gasteiger partial charge in [-0.15, -0.1) is 22.7 Å². The fourth-order valence-corrected chi connectivity index (χ4v) is 3.84. The summed E-state index contributed by atoms with van der Waals surface area (Å²) in [4.78, 5) is 29.7. The van der Waals surface area contributed by atoms with Gasteiger partial charge in [-0.3, -0.25) is 4.79 Å². The molecule has 0 spiro atoms. The number of hydrogen-bond acceptors (Lipinski definition) is 7. The first kappa shape index (κ1) is 19.1. The number of rotatable bonds is 7. The van der Waals surface area contributed by atoms with Crippen LogP contribution in [0.4, 0.5) is 0 Å². The third kappa shape index (κ3) is 4.93. The number of methoxy groups -OCH3 is 1. The van der Waals surface area contributed by atoms with Crippen LogP contribution in [0.5, 0.6) is 5.75 Å². The standard InChI is InChI=1S/C19H18N2O4S2/c1-12(17(22)20-10-13-5-7-14(24-2)8-6-13)25-19(23)15-11-27-18(21-15)16-4-3-9-26-16/h3-9,11-12H,10H2,1-2H3,(H,20,22)/t12-/m1/s1. The van der Waals surface area contributed by atoms with Gasteiger partial charge in [-0.2, -0.15) is 0 Å². The lowest BCUT2D eigenvalue weighted by Crippen LogP contribution is -2.35. The number of ether oxygens (including phenoxy) is 2. The summed E-state index contributed by atoms with van der Waals surface area (Å²) in [5.41, 5.74) is 1.13. The quantitative estimate of drug-likeness (QED) is 0.609. The average molecular weight is 402 g/mol. The van der Waals surface area contributed by atoms with Crippen molar-refractivity contribution in [1.29, 1.82) is 0 Å². The van der Waals surface area contributed by atoms with Crippen LogP contribution >= 0.6 is 22.7 Å². The second kappa shape index (κ2) is 8.79. The van der Waals surface area contributed by atoms with Gasteiger partial charge in [0, 0.05) is 11.9 Å². The normalized spacial score (nSPS) is 11.6. The number of amides is 1. The van der Waals surface area contributed by atoms with E-state index in [0.717, 1.165) is 21.2 Å². The summed E-state index contributed by atoms with van der Waals surface area (Å²) >= 11 is 2.92. The van der Waals surface area contributed by atoms with Gasteiger partial charge in [0.05, 0.1) is 12.0 Å². The third-order valence-electron chi connectivity index (χ3n) is 3.72. The van der Waals surface area contributed by atoms with Crippen molar-refractivity contribution in [3.05, 3.63) is 58.4 Å². The fourth-order valence-electron chi connectivity index (χ4n) is 2.23. The zero-order chi connectivity index (χ0) is 19.2. The maximum Gasteiger partial charge on any atom is 0.358 e. The van der Waals surface area contributed by atoms with E-state index < -0.39 is 12.1 Å². The number of carbonyl (C=O) groups excluding carboxylic acids is 2. The van der Waals surface area contributed by atoms with Crippen LogP contribution in [0.25, 0.3) is 9.88 Å². The monoisotopic (exact) mass is 402 g/mol. The minimum atomic E-state index is -0.914. The highest BCUT2D eigenvalue weighted by Crippen LogP contribution is 2.28. The summed E-state index contributed by atoms with van der Waals surface area (Å²) in [6, 6.07) is 11.2. The number of hydrogen-bond donors (Lipinski definition) is 1. The molecular weight excluding hydrogens is 384 g/mol. The van der Waals surface area contributed by atoms with Crippen molar-refractivity contribution in [2.24, 2.45) is 0 Å². The molecule has 1 amide bonds. The van der Waals surface area contributed by atoms with Crippen molar-refractivity contribution >= 4 is 34.6 Å². The van der Waals surface area contributed by atoms with Crippen LogP contribution in [-0.2, 0) is 16.1 Å². The van der Waals surface area contributed by atoms with Crippen molar-refractivity contribution in [3.63, 3.8) is 0 Å². The first-order chi connectivity index (χ1) is 13.1. The Labute approximate surface area is 164 Å². The van der Waals surface area contributed by atoms with Crippen molar-refractivity contribution in [2.45, 2.75) is 19.6 Å². The molecule has 1 atom stereocenters. The second-order valence-corrected chi connectivity index (χ2v) is 7.43. The van der Waals surface area contributed by atoms with Gasteiger partial charge < -0.3 is 14.8 Å². The van der Waals surface area contributed by atoms with Crippen LogP contribution < -0.4 is 10.1 Å². The Morgan fingerprint density at radius 3 is 2.63 bits per heavy atom. The molecule has 0 fully saturated rings. The summed E-state index contributed by atoms with van der Waals surface area (Å²) in [6.07, 6.45) is -0.914. The van der Waals surface area contributed by atoms with Crippen molar-refractivity contribution in [3.8, 4) is 15.6 Å². The van der Waals surface area contributed by atoms with Gasteiger partial charge in [0.25, 0.3) is 5.91 Å². The first-order valence-electron chi connectivity index (χ1n) is 8.18. The van der Waals surface area contributed by atoms with Crippen LogP contribution in [0.15, 0.2) is 47.2 Å². The summed E-state index contributed by atoms with van der Waals surface area (Å²) < 4.78 is 10.3. The molecule has 6 nitrogen and oxygen atoms in total. The molecule has 0 aliphatic rings. The molecule has 0 aliphatic carbocycles. The fraction of sp³-hybridized carbons (Fsp3) is 0.211. The molecule has 0 bridgehead atoms. The Kier molecular flexibility index (Phi) is 6.20. The molecule has 8 heteroatoms. The molecule has 1 aromatic carbocycles. The minimum Gasteiger partial charge on any atom is -0.497 e. The van der Waals surface area contributed by atoms with E-state index in [0.29, 0.717) is 6.54 Å². The minimum absolute atomic E-state index is 0.207. The molecule has 0 radical (unpaired) electrons. The number of esters is 1. The van der Waals surface area contributed by atoms with E-state index in [2.05, 4.69) is 10.3 Å². The SMILES string of the molecule is COc1ccc(CNC(=O)[C@@H](C)OC(=O)c2csc(-c3cccs3)n2)cc1. The average Bonchev–Trinajstić information content (AvgIpc) is 3.37. The Hall–Kier alpha value is -2.71. The summed E-state index contributed by atoms with van der Waals surface area (Å²) in [5, 5.41) is 7.09. The van der Waals surface area contributed by atoms with E-state index in [1.165, 1.54) is 18.3 Å². The zero-order valence-corrected chi connectivity index (χ0v) is 16.4. The Balaban J connectivity index is 1.52. The van der Waals surface area contributed by atoms with Gasteiger partial charge in [0.2, 0.25) is 0 Å². The van der Waals surface area contributed by atoms with Crippen LogP contribution in [0.1, 0.15) is 23.0 Å². The number of benzene rings is 1. The largest absolute Gasteiger partial charge is 0.497 e. The lowest BCUT2D eigenvalue weighted by Gasteiger charge is -2.13. The summed E-state index contributed by atoms with van der Waals surface area (Å²) in [6.45, 7) is 1.87. The molecule has 3 aromatic rings. The van der Waals surface area contributed by atoms with E-state index in [-0.39, 0.29) is 11.6 Å². The summed E-state index contributed by atoms with van der Waals surface area (Å²) in [5.74, 6) is -0.230. The van der Waals surface area contributed by atoms with Gasteiger partial charge in [-0.25, -0.2) is 9.78 Å². The second-order valence-electron chi connectivity index (χ2n) is 5.63. The van der Waals surface area contributed by atoms with Crippen molar-refractivity contribution in [1.82, 2.24) is 10.3 Å². The van der Waals surface area contributed by atoms with Crippen LogP contribution in [0.3, 0.4) is 0 Å². The maximum absolute atomic E-state index is 12.2. The van der Waals surface area contributed by atoms with Crippen molar-refractivity contribution in [2.75, 3.05) is 7.11 Å². The van der Waals surface area contributed by atoms with E-state index in [4.69, 9.17) is 9.47 Å². The van der Waals surface area contributed by atoms with Crippen LogP contribution in [0, 0.1) is 0 Å². The van der Waals surface area contributed by atoms with Gasteiger partial charge in [0.15, 0.2) is 11.8 Å². The van der Waals surface area contributed by atoms with Gasteiger partial charge >= 0.3 is 5.97 Å². The molecule has 27 heavy (non-hydrogen) atoms. The molecule has 2 aromatic heterocycles. The third-order valence-corrected chi connectivity index (χ3v) is 5.61. The topological polar surface area (TPSA) is 77.5 Å². The number of aromatic nitrogens is 1. The molecule has 1 N–H and O–H groups in total. The number of thiophene rings is 1. The lowest BCUT2D eigenvalue weighted by molar-refractivity contribution is -0.129. The lowest BCUT2D eigenvalue weighted by atomic mass is 10.2. The molecule has 0 unspecified atom stereocenters. The maximum atomic E-state index is 12.2. The smallest absolute Gasteiger partial charge is 0.358 e. The van der Waals surface area contributed by atoms with E-state index in [9.17, 15) is 9.59 Å². The Morgan fingerprint density at radius 1 is 1.19 bits per heavy atom. The number of nitrogens with one attached hydrogen (secondary N) is 1. The Bertz CT molecular complexity index is 904. The highest BCUT2D eigenvalue weighted by molar-refractivity contribution is 7.20. The van der Waals surface area contributed by atoms with E-state index >= 15 is 0 Å². The van der Waals surface area contributed by atoms with E-state index in [1.807, 2.05) is 41.8 Å². The zero-order valence-electron chi connectivity index (χ0n) is 14.8. The predicted octanol–water partition coefficient (Wildman–Crippen LogP) is 3.74. The molecular formula is C19H18N2O4S2. The molecule has 0 saturated carbocycles. The predicted molar refractivity (Wildman–Crippen MR) is 105 cm³/mol. The number of carbonyl (C=O) groups is 2. The molecule has 2 heterocycles. The van der Waals surface area contributed by atoms with E-state index in [1.54, 1.807) is 23.8 Å². The number of nitrogens with zero attached hydrogens (tertiary/aromatic N) is 1. The Morgan fingerprint density at radius 2 is 1.96 bits per heavy atom. The highest BCUT2D eigenvalue weighted by atomic mass is 32.1. The van der Waals surface area contributed by atoms with Crippen LogP contribution in [-0.4, -0.2) is 30.1 Å².